The number of hydrogen-bond donors (Lipinski definition) is 2. The van der Waals surface area contributed by atoms with Crippen LogP contribution in [0.2, 0.25) is 5.02 Å². The molecule has 11 nitrogen and oxygen atoms in total. The maximum atomic E-state index is 14.0. The molecule has 0 bridgehead atoms. The lowest BCUT2D eigenvalue weighted by atomic mass is 10.00. The van der Waals surface area contributed by atoms with Crippen LogP contribution in [0.5, 0.6) is 11.5 Å². The molecule has 0 aliphatic heterocycles. The van der Waals surface area contributed by atoms with Gasteiger partial charge in [-0.15, -0.1) is 0 Å². The number of ether oxygens (including phenoxy) is 2. The molecule has 0 unspecified atom stereocenters. The van der Waals surface area contributed by atoms with Gasteiger partial charge in [-0.05, 0) is 70.3 Å². The molecule has 0 saturated heterocycles. The van der Waals surface area contributed by atoms with Gasteiger partial charge in [-0.2, -0.15) is 10.2 Å². The van der Waals surface area contributed by atoms with Crippen LogP contribution >= 0.6 is 11.6 Å². The third-order valence-corrected chi connectivity index (χ3v) is 8.05. The van der Waals surface area contributed by atoms with Gasteiger partial charge in [-0.25, -0.2) is 4.98 Å². The van der Waals surface area contributed by atoms with Crippen LogP contribution in [0.25, 0.3) is 22.2 Å². The molecule has 0 spiro atoms. The Morgan fingerprint density at radius 2 is 1.84 bits per heavy atom. The first-order valence-electron chi connectivity index (χ1n) is 14.1. The van der Waals surface area contributed by atoms with Gasteiger partial charge >= 0.3 is 0 Å². The monoisotopic (exact) mass is 629 g/mol. The number of halogens is 1. The molecule has 0 aliphatic rings. The molecule has 4 aromatic rings. The lowest BCUT2D eigenvalue weighted by Gasteiger charge is -2.29. The fourth-order valence-corrected chi connectivity index (χ4v) is 4.83. The van der Waals surface area contributed by atoms with Crippen LogP contribution in [-0.2, 0) is 17.8 Å². The van der Waals surface area contributed by atoms with E-state index < -0.39 is 11.4 Å². The average molecular weight is 630 g/mol. The van der Waals surface area contributed by atoms with E-state index in [2.05, 4.69) is 20.6 Å². The lowest BCUT2D eigenvalue weighted by molar-refractivity contribution is -0.112. The number of rotatable bonds is 11. The topological polar surface area (TPSA) is 134 Å². The summed E-state index contributed by atoms with van der Waals surface area (Å²) in [5.41, 5.74) is 2.01. The van der Waals surface area contributed by atoms with Crippen molar-refractivity contribution in [1.82, 2.24) is 19.4 Å². The molecule has 0 radical (unpaired) electrons. The second kappa shape index (κ2) is 13.8. The van der Waals surface area contributed by atoms with E-state index in [9.17, 15) is 14.9 Å². The number of nitrogens with zero attached hydrogens (tertiary/aromatic N) is 5. The number of amides is 1. The van der Waals surface area contributed by atoms with Crippen molar-refractivity contribution in [2.24, 2.45) is 0 Å². The zero-order valence-electron chi connectivity index (χ0n) is 26.4. The molecule has 12 heteroatoms. The van der Waals surface area contributed by atoms with E-state index in [0.717, 1.165) is 5.56 Å². The van der Waals surface area contributed by atoms with Crippen LogP contribution in [-0.4, -0.2) is 66.2 Å². The van der Waals surface area contributed by atoms with Crippen LogP contribution in [0.4, 0.5) is 11.6 Å². The van der Waals surface area contributed by atoms with Crippen molar-refractivity contribution >= 4 is 40.2 Å². The number of likely N-dealkylation sites (N-methyl/N-ethyl adjacent to an activating group) is 1. The van der Waals surface area contributed by atoms with Crippen molar-refractivity contribution < 1.29 is 14.3 Å². The molecule has 0 aliphatic carbocycles. The molecule has 2 N–H and O–H groups in total. The van der Waals surface area contributed by atoms with Crippen molar-refractivity contribution in [2.45, 2.75) is 32.4 Å². The lowest BCUT2D eigenvalue weighted by Crippen LogP contribution is -2.37. The minimum absolute atomic E-state index is 0.0283. The van der Waals surface area contributed by atoms with Crippen LogP contribution in [0.3, 0.4) is 0 Å². The van der Waals surface area contributed by atoms with E-state index in [0.29, 0.717) is 58.3 Å². The first kappa shape index (κ1) is 33.0. The highest BCUT2D eigenvalue weighted by Crippen LogP contribution is 2.38. The van der Waals surface area contributed by atoms with Crippen molar-refractivity contribution in [1.29, 1.82) is 5.26 Å². The van der Waals surface area contributed by atoms with Crippen molar-refractivity contribution in [3.63, 3.8) is 0 Å². The van der Waals surface area contributed by atoms with Crippen LogP contribution < -0.4 is 25.7 Å². The van der Waals surface area contributed by atoms with Gasteiger partial charge in [0.2, 0.25) is 5.95 Å². The number of hydrogen-bond acceptors (Lipinski definition) is 9. The van der Waals surface area contributed by atoms with E-state index in [-0.39, 0.29) is 16.2 Å². The average Bonchev–Trinajstić information content (AvgIpc) is 3.03. The number of aromatic nitrogens is 3. The summed E-state index contributed by atoms with van der Waals surface area (Å²) in [6.45, 7) is 4.14. The zero-order chi connectivity index (χ0) is 32.9. The largest absolute Gasteiger partial charge is 0.497 e. The number of pyridine rings is 1. The Bertz CT molecular complexity index is 1860. The Morgan fingerprint density at radius 3 is 2.44 bits per heavy atom. The summed E-state index contributed by atoms with van der Waals surface area (Å²) < 4.78 is 12.4. The molecule has 0 fully saturated rings. The SMILES string of the molecule is CNc1ncc2cc(-c3cc(OC)cc(OC)c3Cl)c(=O)n(CCc3ccc(NC(=O)C(C#N)=CC(C)(C)N(C)C)cc3)c2n1. The predicted octanol–water partition coefficient (Wildman–Crippen LogP) is 5.14. The quantitative estimate of drug-likeness (QED) is 0.171. The third-order valence-electron chi connectivity index (χ3n) is 7.66. The van der Waals surface area contributed by atoms with E-state index in [1.165, 1.54) is 14.2 Å². The second-order valence-electron chi connectivity index (χ2n) is 11.0. The normalized spacial score (nSPS) is 11.8. The number of fused-ring (bicyclic) bond motifs is 1. The highest BCUT2D eigenvalue weighted by Gasteiger charge is 2.22. The summed E-state index contributed by atoms with van der Waals surface area (Å²) in [4.78, 5) is 37.7. The predicted molar refractivity (Wildman–Crippen MR) is 177 cm³/mol. The fourth-order valence-electron chi connectivity index (χ4n) is 4.54. The number of methoxy groups -OCH3 is 2. The molecule has 0 atom stereocenters. The molecule has 4 rings (SSSR count). The number of carbonyl (C=O) groups is 1. The van der Waals surface area contributed by atoms with Gasteiger partial charge in [-0.3, -0.25) is 14.2 Å². The van der Waals surface area contributed by atoms with Gasteiger partial charge < -0.3 is 25.0 Å². The van der Waals surface area contributed by atoms with E-state index in [4.69, 9.17) is 21.1 Å². The zero-order valence-corrected chi connectivity index (χ0v) is 27.1. The van der Waals surface area contributed by atoms with E-state index in [1.54, 1.807) is 54.2 Å². The van der Waals surface area contributed by atoms with Crippen molar-refractivity contribution in [3.8, 4) is 28.7 Å². The van der Waals surface area contributed by atoms with Crippen molar-refractivity contribution in [3.05, 3.63) is 81.3 Å². The molecular weight excluding hydrogens is 594 g/mol. The highest BCUT2D eigenvalue weighted by molar-refractivity contribution is 6.35. The number of nitrogens with one attached hydrogen (secondary N) is 2. The second-order valence-corrected chi connectivity index (χ2v) is 11.4. The van der Waals surface area contributed by atoms with Gasteiger partial charge in [0.1, 0.15) is 28.8 Å². The maximum Gasteiger partial charge on any atom is 0.266 e. The third kappa shape index (κ3) is 7.25. The summed E-state index contributed by atoms with van der Waals surface area (Å²) in [5, 5.41) is 16.2. The van der Waals surface area contributed by atoms with Gasteiger partial charge in [0.25, 0.3) is 11.5 Å². The van der Waals surface area contributed by atoms with Crippen molar-refractivity contribution in [2.75, 3.05) is 46.0 Å². The number of carbonyl (C=O) groups excluding carboxylic acids is 1. The number of benzene rings is 2. The number of aryl methyl sites for hydroxylation is 2. The summed E-state index contributed by atoms with van der Waals surface area (Å²) in [7, 11) is 8.50. The minimum Gasteiger partial charge on any atom is -0.497 e. The number of nitriles is 1. The first-order chi connectivity index (χ1) is 21.4. The Labute approximate surface area is 267 Å². The molecule has 2 aromatic heterocycles. The molecule has 2 heterocycles. The molecule has 234 valence electrons. The Hall–Kier alpha value is -4.92. The summed E-state index contributed by atoms with van der Waals surface area (Å²) in [6, 6.07) is 14.3. The van der Waals surface area contributed by atoms with E-state index in [1.807, 2.05) is 51.0 Å². The van der Waals surface area contributed by atoms with Crippen LogP contribution in [0.15, 0.2) is 65.1 Å². The molecule has 0 saturated carbocycles. The van der Waals surface area contributed by atoms with Gasteiger partial charge in [-0.1, -0.05) is 23.7 Å². The standard InChI is InChI=1S/C33H36ClN7O4/c1-33(2,40(4)5)17-22(18-35)30(42)38-23-10-8-20(9-11-23)12-13-41-29-21(19-37-32(36-3)39-29)14-26(31(41)43)25-15-24(44-6)16-27(45-7)28(25)34/h8-11,14-17,19H,12-13H2,1-7H3,(H,38,42)(H,36,37,39). The van der Waals surface area contributed by atoms with Gasteiger partial charge in [0.05, 0.1) is 19.2 Å². The molecule has 45 heavy (non-hydrogen) atoms. The highest BCUT2D eigenvalue weighted by atomic mass is 35.5. The maximum absolute atomic E-state index is 14.0. The van der Waals surface area contributed by atoms with E-state index >= 15 is 0 Å². The van der Waals surface area contributed by atoms with Gasteiger partial charge in [0, 0.05) is 53.6 Å². The fraction of sp³-hybridized carbons (Fsp3) is 0.303. The van der Waals surface area contributed by atoms with Gasteiger partial charge in [0.15, 0.2) is 0 Å². The van der Waals surface area contributed by atoms with Crippen LogP contribution in [0.1, 0.15) is 19.4 Å². The minimum atomic E-state index is -0.483. The first-order valence-corrected chi connectivity index (χ1v) is 14.5. The molecule has 2 aromatic carbocycles. The Morgan fingerprint density at radius 1 is 1.13 bits per heavy atom. The number of anilines is 2. The summed E-state index contributed by atoms with van der Waals surface area (Å²) in [5.74, 6) is 0.766. The Kier molecular flexibility index (Phi) is 10.1. The Balaban J connectivity index is 1.65. The summed E-state index contributed by atoms with van der Waals surface area (Å²) >= 11 is 6.67. The molecule has 1 amide bonds. The van der Waals surface area contributed by atoms with Crippen LogP contribution in [0, 0.1) is 11.3 Å². The summed E-state index contributed by atoms with van der Waals surface area (Å²) in [6.07, 6.45) is 3.78. The molecular formula is C33H36ClN7O4. The smallest absolute Gasteiger partial charge is 0.266 e.